The van der Waals surface area contributed by atoms with Gasteiger partial charge in [0.2, 0.25) is 0 Å². The number of hydrogen-bond acceptors (Lipinski definition) is 15. The fourth-order valence-electron chi connectivity index (χ4n) is 11.7. The van der Waals surface area contributed by atoms with E-state index in [9.17, 15) is 39.6 Å². The van der Waals surface area contributed by atoms with Crippen LogP contribution in [0.1, 0.15) is 108 Å². The van der Waals surface area contributed by atoms with E-state index in [1.54, 1.807) is 52.0 Å². The highest BCUT2D eigenvalue weighted by Crippen LogP contribution is 2.55. The number of aliphatic hydroxyl groups is 3. The summed E-state index contributed by atoms with van der Waals surface area (Å²) in [6.07, 6.45) is 6.86. The zero-order valence-corrected chi connectivity index (χ0v) is 38.5. The predicted molar refractivity (Wildman–Crippen MR) is 233 cm³/mol. The number of carbonyl (C=O) groups excluding carboxylic acids is 3. The van der Waals surface area contributed by atoms with E-state index in [1.807, 2.05) is 13.0 Å². The van der Waals surface area contributed by atoms with Gasteiger partial charge in [0.1, 0.15) is 29.6 Å². The quantitative estimate of drug-likeness (QED) is 0.128. The maximum Gasteiger partial charge on any atom is 0.379 e. The van der Waals surface area contributed by atoms with Crippen LogP contribution in [0.5, 0.6) is 5.75 Å². The van der Waals surface area contributed by atoms with Crippen LogP contribution in [0.3, 0.4) is 0 Å². The number of carboxylic acid groups (broad SMARTS) is 1. The van der Waals surface area contributed by atoms with Crippen molar-refractivity contribution in [2.45, 2.75) is 160 Å². The van der Waals surface area contributed by atoms with Crippen molar-refractivity contribution >= 4 is 23.9 Å². The summed E-state index contributed by atoms with van der Waals surface area (Å²) in [4.78, 5) is 53.8. The molecule has 4 N–H and O–H groups in total. The molecule has 16 atom stereocenters. The number of benzene rings is 1. The second-order valence-electron chi connectivity index (χ2n) is 19.4. The number of aryl methyl sites for hydroxylation is 1. The first-order valence-corrected chi connectivity index (χ1v) is 23.5. The lowest BCUT2D eigenvalue weighted by Crippen LogP contribution is -2.56. The first-order chi connectivity index (χ1) is 31.5. The van der Waals surface area contributed by atoms with Gasteiger partial charge in [0, 0.05) is 36.7 Å². The highest BCUT2D eigenvalue weighted by atomic mass is 16.7. The summed E-state index contributed by atoms with van der Waals surface area (Å²) in [6.45, 7) is 8.76. The molecule has 4 aliphatic heterocycles. The Balaban J connectivity index is 0.953. The summed E-state index contributed by atoms with van der Waals surface area (Å²) in [5.41, 5.74) is -1.68. The van der Waals surface area contributed by atoms with Crippen LogP contribution in [0.25, 0.3) is 0 Å². The van der Waals surface area contributed by atoms with Crippen LogP contribution in [0, 0.1) is 41.9 Å². The number of methoxy groups -OCH3 is 1. The second-order valence-corrected chi connectivity index (χ2v) is 19.4. The molecule has 2 saturated heterocycles. The number of aliphatic carboxylic acids is 1. The average molecular weight is 921 g/mol. The lowest BCUT2D eigenvalue weighted by molar-refractivity contribution is -0.318. The maximum atomic E-state index is 14.8. The Labute approximate surface area is 384 Å². The Hall–Kier alpha value is -4.58. The van der Waals surface area contributed by atoms with Gasteiger partial charge < -0.3 is 58.3 Å². The van der Waals surface area contributed by atoms with Crippen LogP contribution in [0.4, 0.5) is 0 Å². The molecular formula is C50H64O16. The van der Waals surface area contributed by atoms with Crippen molar-refractivity contribution in [1.29, 1.82) is 0 Å². The minimum Gasteiger partial charge on any atom is -0.505 e. The minimum absolute atomic E-state index is 0.00168. The zero-order valence-electron chi connectivity index (χ0n) is 38.5. The monoisotopic (exact) mass is 920 g/mol. The van der Waals surface area contributed by atoms with Crippen molar-refractivity contribution in [3.05, 3.63) is 76.8 Å². The summed E-state index contributed by atoms with van der Waals surface area (Å²) in [5, 5.41) is 44.2. The van der Waals surface area contributed by atoms with E-state index in [1.165, 1.54) is 13.2 Å². The number of carbonyl (C=O) groups is 4. The van der Waals surface area contributed by atoms with Crippen molar-refractivity contribution < 1.29 is 77.5 Å². The van der Waals surface area contributed by atoms with Crippen LogP contribution in [0.15, 0.2) is 65.7 Å². The number of hydrogen-bond donors (Lipinski definition) is 4. The molecule has 1 spiro atoms. The Bertz CT molecular complexity index is 2150. The van der Waals surface area contributed by atoms with Gasteiger partial charge >= 0.3 is 23.9 Å². The second kappa shape index (κ2) is 19.2. The zero-order chi connectivity index (χ0) is 47.2. The fourth-order valence-corrected chi connectivity index (χ4v) is 11.7. The number of fused-ring (bicyclic) bond motifs is 3. The van der Waals surface area contributed by atoms with Gasteiger partial charge in [-0.05, 0) is 89.2 Å². The standard InChI is InChI=1S/C50H64O16/c1-25-13-11-18-36(59-6)40(25)46(56)63-37-23-39(60-27(3)41(37)52)64-42-28(4)61-38(22-34(42)51)62-35-17-12-16-33-31(35)20-19-29-14-9-7-8-10-15-30-21-32(45(54)55)26(2)24-50(30)44(53)43(47(57)66-50)65-48(58)49(29,33)5/h10-11,13,15,18-21,26-31,33-35,37-39,41-42,51-53H,7-9,12,14,16-17,22-24H2,1-6H3,(H,54,55)/b15-10-/t26-,27+,28+,29-,30-,31+,33-,34+,35+,37+,38-,39-,41+,42+,49-,50+/m0/s1. The van der Waals surface area contributed by atoms with Gasteiger partial charge in [-0.3, -0.25) is 4.79 Å². The molecule has 0 amide bonds. The largest absolute Gasteiger partial charge is 0.505 e. The van der Waals surface area contributed by atoms with Gasteiger partial charge in [0.15, 0.2) is 23.9 Å². The Morgan fingerprint density at radius 2 is 1.65 bits per heavy atom. The molecule has 7 aliphatic rings. The highest BCUT2D eigenvalue weighted by Gasteiger charge is 2.60. The van der Waals surface area contributed by atoms with Crippen molar-refractivity contribution in [2.24, 2.45) is 35.0 Å². The Morgan fingerprint density at radius 3 is 2.39 bits per heavy atom. The highest BCUT2D eigenvalue weighted by molar-refractivity contribution is 5.95. The summed E-state index contributed by atoms with van der Waals surface area (Å²) in [5.74, 6) is -6.23. The summed E-state index contributed by atoms with van der Waals surface area (Å²) < 4.78 is 48.4. The minimum atomic E-state index is -1.62. The molecular weight excluding hydrogens is 857 g/mol. The van der Waals surface area contributed by atoms with Gasteiger partial charge in [-0.1, -0.05) is 62.3 Å². The lowest BCUT2D eigenvalue weighted by Gasteiger charge is -2.51. The molecule has 1 aromatic rings. The van der Waals surface area contributed by atoms with Crippen molar-refractivity contribution in [3.63, 3.8) is 0 Å². The predicted octanol–water partition coefficient (Wildman–Crippen LogP) is 6.31. The molecule has 0 radical (unpaired) electrons. The Kier molecular flexibility index (Phi) is 13.9. The van der Waals surface area contributed by atoms with Crippen LogP contribution in [-0.4, -0.2) is 112 Å². The number of ether oxygens (including phenoxy) is 8. The number of aliphatic hydroxyl groups excluding tert-OH is 3. The number of esters is 3. The normalized spacial score (nSPS) is 40.9. The van der Waals surface area contributed by atoms with E-state index in [0.29, 0.717) is 37.0 Å². The smallest absolute Gasteiger partial charge is 0.379 e. The summed E-state index contributed by atoms with van der Waals surface area (Å²) in [7, 11) is 1.46. The number of carboxylic acids is 1. The van der Waals surface area contributed by atoms with Crippen LogP contribution >= 0.6 is 0 Å². The van der Waals surface area contributed by atoms with E-state index >= 15 is 0 Å². The molecule has 3 fully saturated rings. The van der Waals surface area contributed by atoms with Crippen molar-refractivity contribution in [1.82, 2.24) is 0 Å². The molecule has 66 heavy (non-hydrogen) atoms. The molecule has 4 heterocycles. The molecule has 3 aliphatic carbocycles. The summed E-state index contributed by atoms with van der Waals surface area (Å²) >= 11 is 0. The van der Waals surface area contributed by atoms with Crippen LogP contribution in [0.2, 0.25) is 0 Å². The molecule has 0 aromatic heterocycles. The number of allylic oxidation sites excluding steroid dienone is 2. The third-order valence-corrected chi connectivity index (χ3v) is 15.3. The van der Waals surface area contributed by atoms with E-state index in [-0.39, 0.29) is 48.2 Å². The van der Waals surface area contributed by atoms with Gasteiger partial charge in [-0.2, -0.15) is 0 Å². The maximum absolute atomic E-state index is 14.8. The molecule has 8 rings (SSSR count). The van der Waals surface area contributed by atoms with Crippen molar-refractivity contribution in [2.75, 3.05) is 7.11 Å². The first-order valence-electron chi connectivity index (χ1n) is 23.5. The van der Waals surface area contributed by atoms with Gasteiger partial charge in [0.05, 0.1) is 36.9 Å². The molecule has 360 valence electrons. The van der Waals surface area contributed by atoms with E-state index in [4.69, 9.17) is 37.9 Å². The topological polar surface area (TPSA) is 223 Å². The third-order valence-electron chi connectivity index (χ3n) is 15.3. The van der Waals surface area contributed by atoms with Gasteiger partial charge in [0.25, 0.3) is 5.76 Å². The molecule has 0 unspecified atom stereocenters. The summed E-state index contributed by atoms with van der Waals surface area (Å²) in [6, 6.07) is 5.20. The molecule has 1 saturated carbocycles. The van der Waals surface area contributed by atoms with Gasteiger partial charge in [-0.25, -0.2) is 14.4 Å². The first kappa shape index (κ1) is 47.9. The number of rotatable bonds is 8. The van der Waals surface area contributed by atoms with Crippen LogP contribution in [-0.2, 0) is 47.5 Å². The fraction of sp³-hybridized carbons (Fsp3) is 0.640. The van der Waals surface area contributed by atoms with Crippen molar-refractivity contribution in [3.8, 4) is 5.75 Å². The molecule has 2 bridgehead atoms. The molecule has 16 heteroatoms. The van der Waals surface area contributed by atoms with E-state index < -0.39 is 114 Å². The van der Waals surface area contributed by atoms with Crippen LogP contribution < -0.4 is 4.74 Å². The SMILES string of the molecule is COc1cccc(C)c1C(=O)O[C@@H]1C[C@H](O[C@H]2[C@H](O)C[C@H](O[C@@H]3CCC[C@H]4[C@H]3C=C[C@@H]3CCCC/C=C\[C@H]5C=C(C(=O)O)[C@@H](C)C[C@@]56OC(=O)C(=C6O)OC(=O)[C@@]34C)O[C@@H]2C)O[C@H](C)[C@H]1O. The third kappa shape index (κ3) is 8.84. The Morgan fingerprint density at radius 1 is 0.894 bits per heavy atom. The average Bonchev–Trinajstić information content (AvgIpc) is 3.49. The molecule has 16 nitrogen and oxygen atoms in total. The van der Waals surface area contributed by atoms with E-state index in [2.05, 4.69) is 12.2 Å². The van der Waals surface area contributed by atoms with Gasteiger partial charge in [-0.15, -0.1) is 0 Å². The van der Waals surface area contributed by atoms with E-state index in [0.717, 1.165) is 19.3 Å². The molecule has 1 aromatic carbocycles. The lowest BCUT2D eigenvalue weighted by atomic mass is 9.55.